The second-order valence-electron chi connectivity index (χ2n) is 4.99. The highest BCUT2D eigenvalue weighted by molar-refractivity contribution is 7.24. The average Bonchev–Trinajstić information content (AvgIpc) is 2.87. The van der Waals surface area contributed by atoms with Crippen LogP contribution < -0.4 is 5.73 Å². The second kappa shape index (κ2) is 4.37. The van der Waals surface area contributed by atoms with Gasteiger partial charge in [-0.15, -0.1) is 11.3 Å². The predicted molar refractivity (Wildman–Crippen MR) is 77.0 cm³/mol. The molecule has 0 bridgehead atoms. The number of benzene rings is 1. The normalized spacial score (nSPS) is 12.0. The molecule has 0 aliphatic rings. The number of hydrogen-bond acceptors (Lipinski definition) is 3. The molecule has 0 amide bonds. The number of hydrogen-bond donors (Lipinski definition) is 1. The molecule has 0 unspecified atom stereocenters. The molecule has 2 N–H and O–H groups in total. The lowest BCUT2D eigenvalue weighted by atomic mass is 10.1. The lowest BCUT2D eigenvalue weighted by Gasteiger charge is -1.99. The highest BCUT2D eigenvalue weighted by atomic mass is 32.1. The van der Waals surface area contributed by atoms with Gasteiger partial charge < -0.3 is 5.73 Å². The summed E-state index contributed by atoms with van der Waals surface area (Å²) < 4.78 is 3.52. The Balaban J connectivity index is 2.32. The molecule has 0 spiro atoms. The van der Waals surface area contributed by atoms with Gasteiger partial charge >= 0.3 is 0 Å². The summed E-state index contributed by atoms with van der Waals surface area (Å²) in [5.41, 5.74) is 8.24. The van der Waals surface area contributed by atoms with Gasteiger partial charge in [-0.2, -0.15) is 0 Å². The zero-order valence-electron chi connectivity index (χ0n) is 10.7. The molecule has 1 aromatic carbocycles. The van der Waals surface area contributed by atoms with E-state index >= 15 is 0 Å². The lowest BCUT2D eigenvalue weighted by Crippen LogP contribution is -2.02. The Bertz CT molecular complexity index is 694. The van der Waals surface area contributed by atoms with Crippen LogP contribution in [0.1, 0.15) is 25.4 Å². The number of imidazole rings is 1. The first kappa shape index (κ1) is 11.7. The van der Waals surface area contributed by atoms with Crippen molar-refractivity contribution < 1.29 is 0 Å². The minimum Gasteiger partial charge on any atom is -0.324 e. The third-order valence-corrected chi connectivity index (χ3v) is 4.25. The molecule has 0 aliphatic heterocycles. The van der Waals surface area contributed by atoms with Crippen LogP contribution in [0.15, 0.2) is 24.3 Å². The number of rotatable bonds is 3. The summed E-state index contributed by atoms with van der Waals surface area (Å²) in [5.74, 6) is 1.58. The molecule has 0 saturated heterocycles. The number of fused-ring (bicyclic) bond motifs is 3. The zero-order chi connectivity index (χ0) is 12.7. The third-order valence-electron chi connectivity index (χ3n) is 3.07. The van der Waals surface area contributed by atoms with Crippen LogP contribution >= 0.6 is 11.3 Å². The molecule has 3 rings (SSSR count). The van der Waals surface area contributed by atoms with Crippen molar-refractivity contribution in [3.63, 3.8) is 0 Å². The molecule has 0 aliphatic carbocycles. The summed E-state index contributed by atoms with van der Waals surface area (Å²) in [4.78, 5) is 5.96. The van der Waals surface area contributed by atoms with E-state index in [0.717, 1.165) is 12.2 Å². The molecular weight excluding hydrogens is 242 g/mol. The van der Waals surface area contributed by atoms with Crippen molar-refractivity contribution in [3.05, 3.63) is 35.8 Å². The largest absolute Gasteiger partial charge is 0.324 e. The fourth-order valence-electron chi connectivity index (χ4n) is 2.34. The van der Waals surface area contributed by atoms with Gasteiger partial charge in [-0.05, 0) is 24.5 Å². The smallest absolute Gasteiger partial charge is 0.128 e. The van der Waals surface area contributed by atoms with E-state index in [0.29, 0.717) is 12.5 Å². The first-order valence-corrected chi connectivity index (χ1v) is 7.10. The van der Waals surface area contributed by atoms with Crippen molar-refractivity contribution in [2.24, 2.45) is 11.7 Å². The van der Waals surface area contributed by atoms with E-state index < -0.39 is 0 Å². The highest BCUT2D eigenvalue weighted by Gasteiger charge is 2.15. The number of thiazole rings is 1. The Morgan fingerprint density at radius 2 is 2.11 bits per heavy atom. The van der Waals surface area contributed by atoms with E-state index in [2.05, 4.69) is 42.5 Å². The maximum atomic E-state index is 5.83. The van der Waals surface area contributed by atoms with Crippen molar-refractivity contribution in [1.82, 2.24) is 9.38 Å². The van der Waals surface area contributed by atoms with Crippen molar-refractivity contribution >= 4 is 26.4 Å². The lowest BCUT2D eigenvalue weighted by molar-refractivity contribution is 0.639. The van der Waals surface area contributed by atoms with Crippen LogP contribution in [0.2, 0.25) is 0 Å². The first-order valence-electron chi connectivity index (χ1n) is 6.28. The maximum Gasteiger partial charge on any atom is 0.128 e. The topological polar surface area (TPSA) is 43.3 Å². The number of nitrogens with two attached hydrogens (primary N) is 1. The molecule has 2 heterocycles. The van der Waals surface area contributed by atoms with Gasteiger partial charge in [0.1, 0.15) is 10.7 Å². The minimum atomic E-state index is 0.486. The summed E-state index contributed by atoms with van der Waals surface area (Å²) in [7, 11) is 0. The van der Waals surface area contributed by atoms with Gasteiger partial charge in [-0.3, -0.25) is 4.40 Å². The Morgan fingerprint density at radius 1 is 1.33 bits per heavy atom. The van der Waals surface area contributed by atoms with Crippen molar-refractivity contribution in [3.8, 4) is 0 Å². The Labute approximate surface area is 110 Å². The van der Waals surface area contributed by atoms with Crippen LogP contribution in [0.25, 0.3) is 15.0 Å². The fourth-order valence-corrected chi connectivity index (χ4v) is 3.50. The van der Waals surface area contributed by atoms with Gasteiger partial charge in [0, 0.05) is 0 Å². The molecule has 0 radical (unpaired) electrons. The van der Waals surface area contributed by atoms with E-state index in [1.165, 1.54) is 20.7 Å². The quantitative estimate of drug-likeness (QED) is 0.785. The molecular formula is C14H17N3S. The van der Waals surface area contributed by atoms with Crippen LogP contribution in [0.3, 0.4) is 0 Å². The fraction of sp³-hybridized carbons (Fsp3) is 0.357. The Hall–Kier alpha value is -1.39. The molecule has 94 valence electrons. The van der Waals surface area contributed by atoms with E-state index in [4.69, 9.17) is 10.7 Å². The van der Waals surface area contributed by atoms with Crippen molar-refractivity contribution in [2.75, 3.05) is 0 Å². The summed E-state index contributed by atoms with van der Waals surface area (Å²) >= 11 is 1.81. The maximum absolute atomic E-state index is 5.83. The average molecular weight is 259 g/mol. The monoisotopic (exact) mass is 259 g/mol. The van der Waals surface area contributed by atoms with E-state index in [1.807, 2.05) is 11.3 Å². The van der Waals surface area contributed by atoms with Gasteiger partial charge in [-0.25, -0.2) is 4.98 Å². The van der Waals surface area contributed by atoms with Gasteiger partial charge in [0.25, 0.3) is 0 Å². The molecule has 4 heteroatoms. The number of para-hydroxylation sites is 1. The van der Waals surface area contributed by atoms with Gasteiger partial charge in [0.15, 0.2) is 0 Å². The molecule has 0 saturated carbocycles. The third kappa shape index (κ3) is 1.72. The predicted octanol–water partition coefficient (Wildman–Crippen LogP) is 3.21. The van der Waals surface area contributed by atoms with Gasteiger partial charge in [-0.1, -0.05) is 26.0 Å². The second-order valence-corrected chi connectivity index (χ2v) is 6.02. The molecule has 3 nitrogen and oxygen atoms in total. The standard InChI is InChI=1S/C14H17N3S/c1-9(2)7-10-14-17(13(8-15)16-10)11-5-3-4-6-12(11)18-14/h3-6,9H,7-8,15H2,1-2H3. The Morgan fingerprint density at radius 3 is 2.83 bits per heavy atom. The van der Waals surface area contributed by atoms with Crippen LogP contribution in [0.4, 0.5) is 0 Å². The molecule has 0 atom stereocenters. The minimum absolute atomic E-state index is 0.486. The van der Waals surface area contributed by atoms with Crippen molar-refractivity contribution in [2.45, 2.75) is 26.8 Å². The van der Waals surface area contributed by atoms with Crippen LogP contribution in [-0.2, 0) is 13.0 Å². The van der Waals surface area contributed by atoms with E-state index in [1.54, 1.807) is 0 Å². The van der Waals surface area contributed by atoms with Crippen molar-refractivity contribution in [1.29, 1.82) is 0 Å². The molecule has 3 aromatic rings. The summed E-state index contributed by atoms with van der Waals surface area (Å²) in [6, 6.07) is 8.44. The SMILES string of the molecule is CC(C)Cc1nc(CN)n2c1sc1ccccc12. The van der Waals surface area contributed by atoms with Crippen LogP contribution in [-0.4, -0.2) is 9.38 Å². The molecule has 2 aromatic heterocycles. The van der Waals surface area contributed by atoms with E-state index in [-0.39, 0.29) is 0 Å². The molecule has 18 heavy (non-hydrogen) atoms. The van der Waals surface area contributed by atoms with Crippen LogP contribution in [0.5, 0.6) is 0 Å². The summed E-state index contributed by atoms with van der Waals surface area (Å²) in [6.07, 6.45) is 1.01. The molecule has 0 fully saturated rings. The summed E-state index contributed by atoms with van der Waals surface area (Å²) in [6.45, 7) is 4.93. The zero-order valence-corrected chi connectivity index (χ0v) is 11.5. The van der Waals surface area contributed by atoms with Crippen LogP contribution in [0, 0.1) is 5.92 Å². The summed E-state index contributed by atoms with van der Waals surface area (Å²) in [5, 5.41) is 0. The van der Waals surface area contributed by atoms with E-state index in [9.17, 15) is 0 Å². The first-order chi connectivity index (χ1) is 8.70. The van der Waals surface area contributed by atoms with Gasteiger partial charge in [0.2, 0.25) is 0 Å². The number of nitrogens with zero attached hydrogens (tertiary/aromatic N) is 2. The van der Waals surface area contributed by atoms with Gasteiger partial charge in [0.05, 0.1) is 22.5 Å². The number of aromatic nitrogens is 2. The highest BCUT2D eigenvalue weighted by Crippen LogP contribution is 2.31. The Kier molecular flexibility index (Phi) is 2.84.